The molecule has 0 aromatic heterocycles. The Bertz CT molecular complexity index is 427. The zero-order valence-corrected chi connectivity index (χ0v) is 10.8. The minimum atomic E-state index is -1.44. The molecule has 1 amide bonds. The zero-order chi connectivity index (χ0) is 13.8. The van der Waals surface area contributed by atoms with E-state index in [-0.39, 0.29) is 12.3 Å². The highest BCUT2D eigenvalue weighted by atomic mass is 19.1. The van der Waals surface area contributed by atoms with Gasteiger partial charge < -0.3 is 15.2 Å². The summed E-state index contributed by atoms with van der Waals surface area (Å²) in [6.07, 6.45) is 0. The Morgan fingerprint density at radius 3 is 2.67 bits per heavy atom. The number of hydrogen-bond donors (Lipinski definition) is 2. The first kappa shape index (κ1) is 14.4. The van der Waals surface area contributed by atoms with Gasteiger partial charge in [-0.2, -0.15) is 0 Å². The highest BCUT2D eigenvalue weighted by molar-refractivity contribution is 5.83. The summed E-state index contributed by atoms with van der Waals surface area (Å²) in [6.45, 7) is 5.11. The standard InChI is InChI=1S/C13H18FNO3/c1-4-18-11-6-5-9(7-10(11)14)8-15-12(16)13(2,3)17/h5-7,17H,4,8H2,1-3H3,(H,15,16). The predicted molar refractivity (Wildman–Crippen MR) is 65.7 cm³/mol. The highest BCUT2D eigenvalue weighted by Crippen LogP contribution is 2.18. The van der Waals surface area contributed by atoms with Crippen molar-refractivity contribution in [3.8, 4) is 5.75 Å². The van der Waals surface area contributed by atoms with E-state index in [0.717, 1.165) is 0 Å². The molecular weight excluding hydrogens is 237 g/mol. The number of rotatable bonds is 5. The SMILES string of the molecule is CCOc1ccc(CNC(=O)C(C)(C)O)cc1F. The Labute approximate surface area is 106 Å². The van der Waals surface area contributed by atoms with Crippen LogP contribution in [0.4, 0.5) is 4.39 Å². The van der Waals surface area contributed by atoms with E-state index in [4.69, 9.17) is 4.74 Å². The average molecular weight is 255 g/mol. The molecule has 0 spiro atoms. The molecule has 0 bridgehead atoms. The van der Waals surface area contributed by atoms with E-state index in [2.05, 4.69) is 5.32 Å². The van der Waals surface area contributed by atoms with Crippen LogP contribution in [0.3, 0.4) is 0 Å². The van der Waals surface area contributed by atoms with Crippen LogP contribution < -0.4 is 10.1 Å². The van der Waals surface area contributed by atoms with Gasteiger partial charge in [0.1, 0.15) is 5.60 Å². The van der Waals surface area contributed by atoms with Gasteiger partial charge >= 0.3 is 0 Å². The van der Waals surface area contributed by atoms with E-state index in [1.165, 1.54) is 26.0 Å². The van der Waals surface area contributed by atoms with Crippen molar-refractivity contribution in [2.45, 2.75) is 32.9 Å². The largest absolute Gasteiger partial charge is 0.491 e. The predicted octanol–water partition coefficient (Wildman–Crippen LogP) is 1.61. The van der Waals surface area contributed by atoms with Crippen LogP contribution in [0.1, 0.15) is 26.3 Å². The van der Waals surface area contributed by atoms with E-state index >= 15 is 0 Å². The molecule has 0 saturated carbocycles. The van der Waals surface area contributed by atoms with Gasteiger partial charge in [0.15, 0.2) is 11.6 Å². The second kappa shape index (κ2) is 5.82. The second-order valence-electron chi connectivity index (χ2n) is 4.44. The average Bonchev–Trinajstić information content (AvgIpc) is 2.28. The van der Waals surface area contributed by atoms with Crippen LogP contribution in [-0.2, 0) is 11.3 Å². The van der Waals surface area contributed by atoms with Crippen molar-refractivity contribution < 1.29 is 19.0 Å². The van der Waals surface area contributed by atoms with Crippen molar-refractivity contribution in [1.82, 2.24) is 5.32 Å². The molecule has 0 aliphatic heterocycles. The summed E-state index contributed by atoms with van der Waals surface area (Å²) >= 11 is 0. The number of carbonyl (C=O) groups is 1. The van der Waals surface area contributed by atoms with Crippen molar-refractivity contribution in [3.05, 3.63) is 29.6 Å². The molecule has 0 radical (unpaired) electrons. The molecule has 0 aliphatic carbocycles. The minimum absolute atomic E-state index is 0.159. The van der Waals surface area contributed by atoms with Crippen LogP contribution >= 0.6 is 0 Å². The van der Waals surface area contributed by atoms with Crippen molar-refractivity contribution in [2.24, 2.45) is 0 Å². The third-order valence-electron chi connectivity index (χ3n) is 2.30. The lowest BCUT2D eigenvalue weighted by Gasteiger charge is -2.16. The first-order chi connectivity index (χ1) is 8.34. The van der Waals surface area contributed by atoms with Gasteiger partial charge in [-0.1, -0.05) is 6.07 Å². The van der Waals surface area contributed by atoms with Crippen molar-refractivity contribution in [2.75, 3.05) is 6.61 Å². The number of benzene rings is 1. The van der Waals surface area contributed by atoms with Crippen LogP contribution in [0.25, 0.3) is 0 Å². The fraction of sp³-hybridized carbons (Fsp3) is 0.462. The van der Waals surface area contributed by atoms with Gasteiger partial charge in [0.05, 0.1) is 6.61 Å². The number of carbonyl (C=O) groups excluding carboxylic acids is 1. The first-order valence-electron chi connectivity index (χ1n) is 5.76. The second-order valence-corrected chi connectivity index (χ2v) is 4.44. The molecular formula is C13H18FNO3. The summed E-state index contributed by atoms with van der Waals surface area (Å²) < 4.78 is 18.6. The van der Waals surface area contributed by atoms with Gasteiger partial charge in [0.2, 0.25) is 0 Å². The summed E-state index contributed by atoms with van der Waals surface area (Å²) in [6, 6.07) is 4.48. The van der Waals surface area contributed by atoms with Gasteiger partial charge in [-0.25, -0.2) is 4.39 Å². The third kappa shape index (κ3) is 4.00. The molecule has 2 N–H and O–H groups in total. The molecule has 1 rings (SSSR count). The summed E-state index contributed by atoms with van der Waals surface area (Å²) in [4.78, 5) is 11.4. The molecule has 0 saturated heterocycles. The van der Waals surface area contributed by atoms with Crippen LogP contribution in [0, 0.1) is 5.82 Å². The molecule has 100 valence electrons. The molecule has 0 atom stereocenters. The number of aliphatic hydroxyl groups is 1. The van der Waals surface area contributed by atoms with E-state index < -0.39 is 17.3 Å². The first-order valence-corrected chi connectivity index (χ1v) is 5.76. The Kier molecular flexibility index (Phi) is 4.67. The molecule has 18 heavy (non-hydrogen) atoms. The van der Waals surface area contributed by atoms with E-state index in [1.54, 1.807) is 13.0 Å². The van der Waals surface area contributed by atoms with E-state index in [0.29, 0.717) is 12.2 Å². The third-order valence-corrected chi connectivity index (χ3v) is 2.30. The molecule has 0 aliphatic rings. The Hall–Kier alpha value is -1.62. The van der Waals surface area contributed by atoms with Crippen LogP contribution in [0.15, 0.2) is 18.2 Å². The number of halogens is 1. The zero-order valence-electron chi connectivity index (χ0n) is 10.8. The topological polar surface area (TPSA) is 58.6 Å². The molecule has 0 heterocycles. The minimum Gasteiger partial charge on any atom is -0.491 e. The van der Waals surface area contributed by atoms with Gasteiger partial charge in [-0.15, -0.1) is 0 Å². The Balaban J connectivity index is 2.64. The number of ether oxygens (including phenoxy) is 1. The maximum Gasteiger partial charge on any atom is 0.251 e. The normalized spacial score (nSPS) is 11.2. The monoisotopic (exact) mass is 255 g/mol. The van der Waals surface area contributed by atoms with Gasteiger partial charge in [0.25, 0.3) is 5.91 Å². The molecule has 4 nitrogen and oxygen atoms in total. The molecule has 5 heteroatoms. The number of hydrogen-bond acceptors (Lipinski definition) is 3. The van der Waals surface area contributed by atoms with Gasteiger partial charge in [-0.05, 0) is 38.5 Å². The highest BCUT2D eigenvalue weighted by Gasteiger charge is 2.23. The quantitative estimate of drug-likeness (QED) is 0.840. The lowest BCUT2D eigenvalue weighted by molar-refractivity contribution is -0.136. The maximum absolute atomic E-state index is 13.5. The number of amides is 1. The van der Waals surface area contributed by atoms with Crippen molar-refractivity contribution >= 4 is 5.91 Å². The van der Waals surface area contributed by atoms with E-state index in [1.807, 2.05) is 0 Å². The van der Waals surface area contributed by atoms with Crippen LogP contribution in [0.2, 0.25) is 0 Å². The number of nitrogens with one attached hydrogen (secondary N) is 1. The molecule has 0 fully saturated rings. The fourth-order valence-corrected chi connectivity index (χ4v) is 1.33. The Morgan fingerprint density at radius 1 is 1.50 bits per heavy atom. The smallest absolute Gasteiger partial charge is 0.251 e. The fourth-order valence-electron chi connectivity index (χ4n) is 1.33. The maximum atomic E-state index is 13.5. The Morgan fingerprint density at radius 2 is 2.17 bits per heavy atom. The lowest BCUT2D eigenvalue weighted by atomic mass is 10.1. The summed E-state index contributed by atoms with van der Waals surface area (Å²) in [5.41, 5.74) is -0.836. The van der Waals surface area contributed by atoms with Gasteiger partial charge in [0, 0.05) is 6.54 Å². The molecule has 1 aromatic rings. The summed E-state index contributed by atoms with van der Waals surface area (Å²) in [7, 11) is 0. The lowest BCUT2D eigenvalue weighted by Crippen LogP contribution is -2.41. The van der Waals surface area contributed by atoms with Crippen molar-refractivity contribution in [1.29, 1.82) is 0 Å². The van der Waals surface area contributed by atoms with Crippen LogP contribution in [-0.4, -0.2) is 23.2 Å². The summed E-state index contributed by atoms with van der Waals surface area (Å²) in [5, 5.41) is 11.9. The molecule has 1 aromatic carbocycles. The van der Waals surface area contributed by atoms with Crippen LogP contribution in [0.5, 0.6) is 5.75 Å². The molecule has 0 unspecified atom stereocenters. The van der Waals surface area contributed by atoms with Crippen molar-refractivity contribution in [3.63, 3.8) is 0 Å². The van der Waals surface area contributed by atoms with Gasteiger partial charge in [-0.3, -0.25) is 4.79 Å². The summed E-state index contributed by atoms with van der Waals surface area (Å²) in [5.74, 6) is -0.779. The van der Waals surface area contributed by atoms with E-state index in [9.17, 15) is 14.3 Å².